The quantitative estimate of drug-likeness (QED) is 0.910. The van der Waals surface area contributed by atoms with Gasteiger partial charge in [-0.1, -0.05) is 6.07 Å². The Morgan fingerprint density at radius 1 is 1.50 bits per heavy atom. The molecule has 20 heavy (non-hydrogen) atoms. The van der Waals surface area contributed by atoms with Crippen molar-refractivity contribution in [3.05, 3.63) is 29.6 Å². The van der Waals surface area contributed by atoms with Gasteiger partial charge in [-0.15, -0.1) is 24.8 Å². The first kappa shape index (κ1) is 19.2. The van der Waals surface area contributed by atoms with Crippen LogP contribution in [-0.4, -0.2) is 34.9 Å². The van der Waals surface area contributed by atoms with Gasteiger partial charge < -0.3 is 10.6 Å². The number of carbonyl (C=O) groups excluding carboxylic acids is 1. The Labute approximate surface area is 132 Å². The van der Waals surface area contributed by atoms with E-state index < -0.39 is 0 Å². The van der Waals surface area contributed by atoms with Crippen molar-refractivity contribution in [2.45, 2.75) is 32.7 Å². The lowest BCUT2D eigenvalue weighted by Gasteiger charge is -2.34. The molecule has 4 nitrogen and oxygen atoms in total. The minimum Gasteiger partial charge on any atom is -0.337 e. The van der Waals surface area contributed by atoms with Crippen molar-refractivity contribution in [2.75, 3.05) is 13.1 Å². The molecule has 114 valence electrons. The number of likely N-dealkylation sites (tertiary alicyclic amines) is 1. The number of amides is 1. The molecular weight excluding hydrogens is 297 g/mol. The molecule has 2 N–H and O–H groups in total. The van der Waals surface area contributed by atoms with Gasteiger partial charge in [-0.3, -0.25) is 9.78 Å². The Kier molecular flexibility index (Phi) is 8.09. The van der Waals surface area contributed by atoms with Gasteiger partial charge >= 0.3 is 0 Å². The summed E-state index contributed by atoms with van der Waals surface area (Å²) in [6, 6.07) is 3.92. The summed E-state index contributed by atoms with van der Waals surface area (Å²) >= 11 is 0. The van der Waals surface area contributed by atoms with Crippen molar-refractivity contribution >= 4 is 30.7 Å². The maximum absolute atomic E-state index is 12.4. The van der Waals surface area contributed by atoms with Crippen molar-refractivity contribution in [1.29, 1.82) is 0 Å². The van der Waals surface area contributed by atoms with Gasteiger partial charge in [0.25, 0.3) is 5.91 Å². The van der Waals surface area contributed by atoms with Gasteiger partial charge in [0.1, 0.15) is 5.69 Å². The zero-order chi connectivity index (χ0) is 13.1. The van der Waals surface area contributed by atoms with Gasteiger partial charge in [-0.05, 0) is 44.2 Å². The van der Waals surface area contributed by atoms with Gasteiger partial charge in [-0.25, -0.2) is 0 Å². The van der Waals surface area contributed by atoms with Crippen molar-refractivity contribution in [3.8, 4) is 0 Å². The van der Waals surface area contributed by atoms with Gasteiger partial charge in [0.05, 0.1) is 0 Å². The molecule has 2 unspecified atom stereocenters. The van der Waals surface area contributed by atoms with Crippen LogP contribution < -0.4 is 5.73 Å². The second-order valence-corrected chi connectivity index (χ2v) is 5.18. The zero-order valence-electron chi connectivity index (χ0n) is 11.9. The molecule has 2 rings (SSSR count). The van der Waals surface area contributed by atoms with E-state index in [1.165, 1.54) is 0 Å². The summed E-state index contributed by atoms with van der Waals surface area (Å²) in [6.45, 7) is 5.52. The van der Waals surface area contributed by atoms with E-state index in [0.717, 1.165) is 31.5 Å². The molecule has 0 aliphatic carbocycles. The summed E-state index contributed by atoms with van der Waals surface area (Å²) < 4.78 is 0. The normalized spacial score (nSPS) is 19.6. The van der Waals surface area contributed by atoms with Crippen LogP contribution in [0.15, 0.2) is 18.3 Å². The average molecular weight is 320 g/mol. The molecule has 0 bridgehead atoms. The summed E-state index contributed by atoms with van der Waals surface area (Å²) in [7, 11) is 0. The van der Waals surface area contributed by atoms with Gasteiger partial charge in [-0.2, -0.15) is 0 Å². The number of aromatic nitrogens is 1. The van der Waals surface area contributed by atoms with Crippen LogP contribution in [-0.2, 0) is 0 Å². The van der Waals surface area contributed by atoms with Crippen LogP contribution in [0.1, 0.15) is 35.8 Å². The number of pyridine rings is 1. The molecule has 1 saturated heterocycles. The van der Waals surface area contributed by atoms with Crippen LogP contribution in [0.4, 0.5) is 0 Å². The lowest BCUT2D eigenvalue weighted by molar-refractivity contribution is 0.0654. The predicted octanol–water partition coefficient (Wildman–Crippen LogP) is 2.43. The lowest BCUT2D eigenvalue weighted by atomic mass is 9.92. The second kappa shape index (κ2) is 8.45. The molecule has 2 heterocycles. The van der Waals surface area contributed by atoms with Crippen LogP contribution in [0, 0.1) is 12.8 Å². The number of rotatable bonds is 2. The fourth-order valence-corrected chi connectivity index (χ4v) is 2.48. The highest BCUT2D eigenvalue weighted by molar-refractivity contribution is 5.93. The maximum atomic E-state index is 12.4. The van der Waals surface area contributed by atoms with Crippen LogP contribution in [0.25, 0.3) is 0 Å². The first-order valence-corrected chi connectivity index (χ1v) is 6.56. The number of hydrogen-bond donors (Lipinski definition) is 1. The SMILES string of the molecule is Cc1cccnc1C(=O)N1CCCC(C(C)N)C1.Cl.Cl. The largest absolute Gasteiger partial charge is 0.337 e. The topological polar surface area (TPSA) is 59.2 Å². The first-order chi connectivity index (χ1) is 8.59. The fourth-order valence-electron chi connectivity index (χ4n) is 2.48. The third-order valence-corrected chi connectivity index (χ3v) is 3.70. The summed E-state index contributed by atoms with van der Waals surface area (Å²) in [5.41, 5.74) is 7.45. The summed E-state index contributed by atoms with van der Waals surface area (Å²) in [4.78, 5) is 18.5. The van der Waals surface area contributed by atoms with Crippen molar-refractivity contribution in [2.24, 2.45) is 11.7 Å². The number of halogens is 2. The van der Waals surface area contributed by atoms with Crippen LogP contribution in [0.5, 0.6) is 0 Å². The molecule has 0 saturated carbocycles. The Bertz CT molecular complexity index is 440. The van der Waals surface area contributed by atoms with E-state index in [0.29, 0.717) is 11.6 Å². The van der Waals surface area contributed by atoms with Crippen LogP contribution in [0.2, 0.25) is 0 Å². The van der Waals surface area contributed by atoms with E-state index in [1.807, 2.05) is 30.9 Å². The second-order valence-electron chi connectivity index (χ2n) is 5.18. The summed E-state index contributed by atoms with van der Waals surface area (Å²) in [5, 5.41) is 0. The van der Waals surface area contributed by atoms with Crippen molar-refractivity contribution < 1.29 is 4.79 Å². The molecule has 0 spiro atoms. The summed E-state index contributed by atoms with van der Waals surface area (Å²) in [5.74, 6) is 0.449. The summed E-state index contributed by atoms with van der Waals surface area (Å²) in [6.07, 6.45) is 3.82. The number of piperidine rings is 1. The van der Waals surface area contributed by atoms with E-state index in [9.17, 15) is 4.79 Å². The maximum Gasteiger partial charge on any atom is 0.272 e. The smallest absolute Gasteiger partial charge is 0.272 e. The Balaban J connectivity index is 0.00000180. The molecular formula is C14H23Cl2N3O. The van der Waals surface area contributed by atoms with Gasteiger partial charge in [0.15, 0.2) is 0 Å². The number of aryl methyl sites for hydroxylation is 1. The number of nitrogens with zero attached hydrogens (tertiary/aromatic N) is 2. The fraction of sp³-hybridized carbons (Fsp3) is 0.571. The molecule has 1 aliphatic rings. The highest BCUT2D eigenvalue weighted by Crippen LogP contribution is 2.20. The minimum atomic E-state index is 0. The molecule has 6 heteroatoms. The molecule has 1 aromatic heterocycles. The van der Waals surface area contributed by atoms with Crippen LogP contribution >= 0.6 is 24.8 Å². The Morgan fingerprint density at radius 2 is 2.20 bits per heavy atom. The third kappa shape index (κ3) is 4.33. The standard InChI is InChI=1S/C14H21N3O.2ClH/c1-10-5-3-7-16-13(10)14(18)17-8-4-6-12(9-17)11(2)15;;/h3,5,7,11-12H,4,6,8-9,15H2,1-2H3;2*1H. The molecule has 0 radical (unpaired) electrons. The van der Waals surface area contributed by atoms with Gasteiger partial charge in [0, 0.05) is 25.3 Å². The first-order valence-electron chi connectivity index (χ1n) is 6.56. The monoisotopic (exact) mass is 319 g/mol. The lowest BCUT2D eigenvalue weighted by Crippen LogP contribution is -2.45. The number of carbonyl (C=O) groups is 1. The number of hydrogen-bond acceptors (Lipinski definition) is 3. The van der Waals surface area contributed by atoms with Crippen LogP contribution in [0.3, 0.4) is 0 Å². The molecule has 1 amide bonds. The van der Waals surface area contributed by atoms with Crippen molar-refractivity contribution in [3.63, 3.8) is 0 Å². The third-order valence-electron chi connectivity index (χ3n) is 3.70. The van der Waals surface area contributed by atoms with E-state index in [4.69, 9.17) is 5.73 Å². The van der Waals surface area contributed by atoms with Crippen molar-refractivity contribution in [1.82, 2.24) is 9.88 Å². The molecule has 1 aromatic rings. The molecule has 1 aliphatic heterocycles. The highest BCUT2D eigenvalue weighted by Gasteiger charge is 2.27. The van der Waals surface area contributed by atoms with Gasteiger partial charge in [0.2, 0.25) is 0 Å². The molecule has 2 atom stereocenters. The molecule has 0 aromatic carbocycles. The van der Waals surface area contributed by atoms with E-state index in [-0.39, 0.29) is 36.8 Å². The minimum absolute atomic E-state index is 0. The predicted molar refractivity (Wildman–Crippen MR) is 85.7 cm³/mol. The zero-order valence-corrected chi connectivity index (χ0v) is 13.5. The van der Waals surface area contributed by atoms with E-state index in [1.54, 1.807) is 6.20 Å². The van der Waals surface area contributed by atoms with E-state index in [2.05, 4.69) is 4.98 Å². The number of nitrogens with two attached hydrogens (primary N) is 1. The Hall–Kier alpha value is -0.840. The highest BCUT2D eigenvalue weighted by atomic mass is 35.5. The Morgan fingerprint density at radius 3 is 2.80 bits per heavy atom. The van der Waals surface area contributed by atoms with E-state index >= 15 is 0 Å². The molecule has 1 fully saturated rings. The average Bonchev–Trinajstić information content (AvgIpc) is 2.38.